The number of hydrogen-bond donors (Lipinski definition) is 2. The van der Waals surface area contributed by atoms with Crippen LogP contribution in [0.1, 0.15) is 5.56 Å². The molecule has 0 saturated carbocycles. The monoisotopic (exact) mass is 289 g/mol. The molecule has 2 N–H and O–H groups in total. The minimum absolute atomic E-state index is 0.276. The predicted octanol–water partition coefficient (Wildman–Crippen LogP) is 0.158. The molecule has 6 nitrogen and oxygen atoms in total. The Morgan fingerprint density at radius 3 is 2.47 bits per heavy atom. The van der Waals surface area contributed by atoms with Crippen molar-refractivity contribution in [3.8, 4) is 11.5 Å². The molecule has 0 fully saturated rings. The summed E-state index contributed by atoms with van der Waals surface area (Å²) in [5.74, 6) is 0.962. The first-order chi connectivity index (χ1) is 9.02. The summed E-state index contributed by atoms with van der Waals surface area (Å²) in [6, 6.07) is 5.43. The van der Waals surface area contributed by atoms with Gasteiger partial charge in [0.05, 0.1) is 26.6 Å². The molecule has 0 bridgehead atoms. The van der Waals surface area contributed by atoms with Gasteiger partial charge in [-0.15, -0.1) is 0 Å². The van der Waals surface area contributed by atoms with Crippen molar-refractivity contribution in [2.45, 2.75) is 6.42 Å². The number of sulfonamides is 1. The van der Waals surface area contributed by atoms with Gasteiger partial charge in [0.15, 0.2) is 11.5 Å². The van der Waals surface area contributed by atoms with E-state index in [0.717, 1.165) is 5.56 Å². The molecule has 0 heterocycles. The summed E-state index contributed by atoms with van der Waals surface area (Å²) >= 11 is 0. The minimum atomic E-state index is -3.39. The Morgan fingerprint density at radius 1 is 1.21 bits per heavy atom. The molecule has 0 saturated heterocycles. The Balaban J connectivity index is 2.59. The van der Waals surface area contributed by atoms with E-state index >= 15 is 0 Å². The van der Waals surface area contributed by atoms with Crippen LogP contribution in [0.5, 0.6) is 11.5 Å². The highest BCUT2D eigenvalue weighted by molar-refractivity contribution is 7.89. The van der Waals surface area contributed by atoms with E-state index in [1.807, 2.05) is 6.07 Å². The number of aliphatic hydroxyl groups is 1. The first-order valence-corrected chi connectivity index (χ1v) is 7.46. The third kappa shape index (κ3) is 5.06. The van der Waals surface area contributed by atoms with Crippen molar-refractivity contribution in [2.24, 2.45) is 0 Å². The lowest BCUT2D eigenvalue weighted by atomic mass is 10.1. The van der Waals surface area contributed by atoms with E-state index in [9.17, 15) is 8.42 Å². The molecule has 19 heavy (non-hydrogen) atoms. The lowest BCUT2D eigenvalue weighted by molar-refractivity contribution is 0.319. The molecular formula is C12H19NO5S. The second-order valence-corrected chi connectivity index (χ2v) is 5.80. The van der Waals surface area contributed by atoms with E-state index in [1.54, 1.807) is 26.4 Å². The fourth-order valence-electron chi connectivity index (χ4n) is 1.58. The van der Waals surface area contributed by atoms with Gasteiger partial charge in [-0.2, -0.15) is 0 Å². The van der Waals surface area contributed by atoms with Gasteiger partial charge in [0, 0.05) is 6.54 Å². The number of methoxy groups -OCH3 is 2. The molecule has 0 radical (unpaired) electrons. The zero-order valence-corrected chi connectivity index (χ0v) is 11.9. The van der Waals surface area contributed by atoms with Crippen molar-refractivity contribution in [1.29, 1.82) is 0 Å². The van der Waals surface area contributed by atoms with Gasteiger partial charge in [-0.25, -0.2) is 13.1 Å². The molecule has 0 amide bonds. The molecule has 0 atom stereocenters. The number of aliphatic hydroxyl groups excluding tert-OH is 1. The number of ether oxygens (including phenoxy) is 2. The van der Waals surface area contributed by atoms with E-state index < -0.39 is 10.0 Å². The van der Waals surface area contributed by atoms with Crippen LogP contribution >= 0.6 is 0 Å². The van der Waals surface area contributed by atoms with Crippen LogP contribution < -0.4 is 14.2 Å². The van der Waals surface area contributed by atoms with Crippen LogP contribution in [0.4, 0.5) is 0 Å². The lowest BCUT2D eigenvalue weighted by Gasteiger charge is -2.10. The summed E-state index contributed by atoms with van der Waals surface area (Å²) in [5.41, 5.74) is 0.935. The molecule has 0 aliphatic heterocycles. The van der Waals surface area contributed by atoms with Gasteiger partial charge in [0.25, 0.3) is 0 Å². The summed E-state index contributed by atoms with van der Waals surface area (Å²) in [6.07, 6.45) is 0.533. The van der Waals surface area contributed by atoms with Gasteiger partial charge < -0.3 is 14.6 Å². The first-order valence-electron chi connectivity index (χ1n) is 5.81. The first kappa shape index (κ1) is 15.7. The second kappa shape index (κ2) is 7.32. The van der Waals surface area contributed by atoms with Crippen molar-refractivity contribution in [3.05, 3.63) is 23.8 Å². The molecule has 1 aromatic rings. The average Bonchev–Trinajstić information content (AvgIpc) is 2.38. The highest BCUT2D eigenvalue weighted by Crippen LogP contribution is 2.27. The molecule has 1 rings (SSSR count). The Kier molecular flexibility index (Phi) is 6.07. The van der Waals surface area contributed by atoms with Crippen LogP contribution in [-0.2, 0) is 16.4 Å². The highest BCUT2D eigenvalue weighted by atomic mass is 32.2. The van der Waals surface area contributed by atoms with Crippen LogP contribution in [0.15, 0.2) is 18.2 Å². The van der Waals surface area contributed by atoms with Gasteiger partial charge in [0.1, 0.15) is 0 Å². The fraction of sp³-hybridized carbons (Fsp3) is 0.500. The maximum absolute atomic E-state index is 11.3. The van der Waals surface area contributed by atoms with Crippen LogP contribution in [-0.4, -0.2) is 46.6 Å². The zero-order chi connectivity index (χ0) is 14.3. The van der Waals surface area contributed by atoms with Gasteiger partial charge in [-0.3, -0.25) is 0 Å². The molecule has 1 aromatic carbocycles. The number of hydrogen-bond acceptors (Lipinski definition) is 5. The number of rotatable bonds is 8. The van der Waals surface area contributed by atoms with Gasteiger partial charge in [-0.1, -0.05) is 6.07 Å². The number of benzene rings is 1. The highest BCUT2D eigenvalue weighted by Gasteiger charge is 2.09. The fourth-order valence-corrected chi connectivity index (χ4v) is 2.38. The minimum Gasteiger partial charge on any atom is -0.493 e. The van der Waals surface area contributed by atoms with Crippen LogP contribution in [0.2, 0.25) is 0 Å². The molecule has 108 valence electrons. The molecule has 7 heteroatoms. The van der Waals surface area contributed by atoms with Crippen molar-refractivity contribution in [3.63, 3.8) is 0 Å². The van der Waals surface area contributed by atoms with Gasteiger partial charge in [-0.05, 0) is 24.1 Å². The maximum atomic E-state index is 11.3. The van der Waals surface area contributed by atoms with Crippen molar-refractivity contribution >= 4 is 10.0 Å². The quantitative estimate of drug-likeness (QED) is 0.712. The summed E-state index contributed by atoms with van der Waals surface area (Å²) in [4.78, 5) is 0. The van der Waals surface area contributed by atoms with Crippen LogP contribution in [0.25, 0.3) is 0 Å². The summed E-state index contributed by atoms with van der Waals surface area (Å²) < 4.78 is 35.4. The van der Waals surface area contributed by atoms with Crippen molar-refractivity contribution < 1.29 is 23.0 Å². The topological polar surface area (TPSA) is 84.9 Å². The summed E-state index contributed by atoms with van der Waals surface area (Å²) in [6.45, 7) is -0.108. The standard InChI is InChI=1S/C12H19NO5S/c1-17-11-4-3-10(9-12(11)18-2)5-6-13-19(15,16)8-7-14/h3-4,9,13-14H,5-8H2,1-2H3. The molecular weight excluding hydrogens is 270 g/mol. The molecule has 0 unspecified atom stereocenters. The predicted molar refractivity (Wildman–Crippen MR) is 72.1 cm³/mol. The Morgan fingerprint density at radius 2 is 1.89 bits per heavy atom. The van der Waals surface area contributed by atoms with E-state index in [2.05, 4.69) is 4.72 Å². The van der Waals surface area contributed by atoms with Gasteiger partial charge >= 0.3 is 0 Å². The maximum Gasteiger partial charge on any atom is 0.213 e. The molecule has 0 aliphatic rings. The Hall–Kier alpha value is -1.31. The lowest BCUT2D eigenvalue weighted by Crippen LogP contribution is -2.29. The average molecular weight is 289 g/mol. The van der Waals surface area contributed by atoms with Gasteiger partial charge in [0.2, 0.25) is 10.0 Å². The third-order valence-electron chi connectivity index (χ3n) is 2.54. The van der Waals surface area contributed by atoms with Crippen molar-refractivity contribution in [2.75, 3.05) is 33.1 Å². The number of nitrogens with one attached hydrogen (secondary N) is 1. The second-order valence-electron chi connectivity index (χ2n) is 3.88. The Bertz CT molecular complexity index is 501. The van der Waals surface area contributed by atoms with E-state index in [0.29, 0.717) is 17.9 Å². The summed E-state index contributed by atoms with van der Waals surface area (Å²) in [5, 5.41) is 8.59. The largest absolute Gasteiger partial charge is 0.493 e. The Labute approximate surface area is 113 Å². The summed E-state index contributed by atoms with van der Waals surface area (Å²) in [7, 11) is -0.283. The van der Waals surface area contributed by atoms with Crippen molar-refractivity contribution in [1.82, 2.24) is 4.72 Å². The van der Waals surface area contributed by atoms with E-state index in [-0.39, 0.29) is 18.9 Å². The SMILES string of the molecule is COc1ccc(CCNS(=O)(=O)CCO)cc1OC. The smallest absolute Gasteiger partial charge is 0.213 e. The van der Waals surface area contributed by atoms with Crippen LogP contribution in [0, 0.1) is 0 Å². The van der Waals surface area contributed by atoms with Crippen LogP contribution in [0.3, 0.4) is 0 Å². The third-order valence-corrected chi connectivity index (χ3v) is 3.91. The normalized spacial score (nSPS) is 11.3. The van der Waals surface area contributed by atoms with E-state index in [1.165, 1.54) is 0 Å². The molecule has 0 spiro atoms. The molecule has 0 aliphatic carbocycles. The van der Waals surface area contributed by atoms with E-state index in [4.69, 9.17) is 14.6 Å². The molecule has 0 aromatic heterocycles. The zero-order valence-electron chi connectivity index (χ0n) is 11.0.